The Balaban J connectivity index is 1.24. The van der Waals surface area contributed by atoms with Crippen LogP contribution in [0.5, 0.6) is 5.75 Å². The first-order valence-corrected chi connectivity index (χ1v) is 14.9. The fourth-order valence-electron chi connectivity index (χ4n) is 5.36. The summed E-state index contributed by atoms with van der Waals surface area (Å²) in [5.41, 5.74) is 8.84. The highest BCUT2D eigenvalue weighted by Gasteiger charge is 2.15. The van der Waals surface area contributed by atoms with E-state index in [0.29, 0.717) is 31.9 Å². The van der Waals surface area contributed by atoms with Gasteiger partial charge in [-0.1, -0.05) is 78.9 Å². The smallest absolute Gasteiger partial charge is 0.124 e. The Morgan fingerprint density at radius 1 is 0.605 bits per heavy atom. The van der Waals surface area contributed by atoms with Gasteiger partial charge in [0.25, 0.3) is 0 Å². The van der Waals surface area contributed by atoms with Gasteiger partial charge in [-0.3, -0.25) is 19.8 Å². The molecule has 6 heteroatoms. The van der Waals surface area contributed by atoms with Crippen LogP contribution in [-0.4, -0.2) is 45.5 Å². The van der Waals surface area contributed by atoms with Crippen molar-refractivity contribution in [3.05, 3.63) is 149 Å². The van der Waals surface area contributed by atoms with E-state index in [9.17, 15) is 5.11 Å². The number of phenols is 1. The summed E-state index contributed by atoms with van der Waals surface area (Å²) < 4.78 is 0. The quantitative estimate of drug-likeness (QED) is 0.150. The molecule has 0 amide bonds. The van der Waals surface area contributed by atoms with Gasteiger partial charge in [0, 0.05) is 56.2 Å². The lowest BCUT2D eigenvalue weighted by molar-refractivity contribution is 0.298. The van der Waals surface area contributed by atoms with Gasteiger partial charge in [-0.05, 0) is 73.6 Å². The minimum Gasteiger partial charge on any atom is -0.507 e. The zero-order chi connectivity index (χ0) is 29.9. The van der Waals surface area contributed by atoms with E-state index >= 15 is 0 Å². The maximum atomic E-state index is 11.4. The summed E-state index contributed by atoms with van der Waals surface area (Å²) in [5.74, 6) is 0.371. The van der Waals surface area contributed by atoms with E-state index in [1.807, 2.05) is 54.9 Å². The molecule has 3 aromatic carbocycles. The van der Waals surface area contributed by atoms with Crippen LogP contribution in [-0.2, 0) is 39.1 Å². The summed E-state index contributed by atoms with van der Waals surface area (Å²) in [6, 6.07) is 35.5. The molecule has 0 radical (unpaired) electrons. The average molecular weight is 572 g/mol. The molecule has 43 heavy (non-hydrogen) atoms. The molecule has 220 valence electrons. The van der Waals surface area contributed by atoms with E-state index in [-0.39, 0.29) is 0 Å². The van der Waals surface area contributed by atoms with Crippen molar-refractivity contribution in [2.75, 3.05) is 20.6 Å². The van der Waals surface area contributed by atoms with Crippen molar-refractivity contribution in [1.82, 2.24) is 25.1 Å². The third kappa shape index (κ3) is 9.06. The van der Waals surface area contributed by atoms with Crippen molar-refractivity contribution < 1.29 is 5.11 Å². The first kappa shape index (κ1) is 30.1. The van der Waals surface area contributed by atoms with Gasteiger partial charge in [0.2, 0.25) is 0 Å². The molecule has 0 fully saturated rings. The lowest BCUT2D eigenvalue weighted by atomic mass is 10.0. The van der Waals surface area contributed by atoms with E-state index in [2.05, 4.69) is 99.8 Å². The van der Waals surface area contributed by atoms with E-state index < -0.39 is 0 Å². The SMILES string of the molecule is CN(Cc1ccccn1)Cc1cc(CCNCc2ccc(-c3ccccc3)cc2)cc(CN(C)Cc2ccccn2)c1O. The van der Waals surface area contributed by atoms with Crippen molar-refractivity contribution in [3.8, 4) is 16.9 Å². The second kappa shape index (κ2) is 15.2. The molecule has 5 rings (SSSR count). The molecule has 6 nitrogen and oxygen atoms in total. The standard InChI is InChI=1S/C37H41N5O/c1-41(27-35-12-6-8-19-39-35)25-33-22-30(23-34(37(33)43)26-42(2)28-36-13-7-9-20-40-36)18-21-38-24-29-14-16-32(17-15-29)31-10-4-3-5-11-31/h3-17,19-20,22-23,38,43H,18,21,24-28H2,1-2H3. The van der Waals surface area contributed by atoms with E-state index in [4.69, 9.17) is 0 Å². The van der Waals surface area contributed by atoms with Gasteiger partial charge < -0.3 is 10.4 Å². The fourth-order valence-corrected chi connectivity index (χ4v) is 5.36. The normalized spacial score (nSPS) is 11.3. The van der Waals surface area contributed by atoms with Crippen LogP contribution in [0.3, 0.4) is 0 Å². The van der Waals surface area contributed by atoms with Crippen LogP contribution in [0.15, 0.2) is 116 Å². The highest BCUT2D eigenvalue weighted by molar-refractivity contribution is 5.63. The molecule has 0 aliphatic heterocycles. The van der Waals surface area contributed by atoms with Crippen LogP contribution >= 0.6 is 0 Å². The van der Waals surface area contributed by atoms with Crippen LogP contribution in [0.1, 0.15) is 33.6 Å². The molecular formula is C37H41N5O. The highest BCUT2D eigenvalue weighted by atomic mass is 16.3. The van der Waals surface area contributed by atoms with E-state index in [1.165, 1.54) is 22.3 Å². The summed E-state index contributed by atoms with van der Waals surface area (Å²) >= 11 is 0. The third-order valence-corrected chi connectivity index (χ3v) is 7.50. The summed E-state index contributed by atoms with van der Waals surface area (Å²) in [5, 5.41) is 15.0. The van der Waals surface area contributed by atoms with Crippen LogP contribution < -0.4 is 5.32 Å². The minimum absolute atomic E-state index is 0.371. The largest absolute Gasteiger partial charge is 0.507 e. The van der Waals surface area contributed by atoms with Gasteiger partial charge in [0.05, 0.1) is 11.4 Å². The van der Waals surface area contributed by atoms with Gasteiger partial charge in [-0.15, -0.1) is 0 Å². The molecule has 0 bridgehead atoms. The molecule has 0 aliphatic carbocycles. The maximum absolute atomic E-state index is 11.4. The number of phenolic OH excluding ortho intramolecular Hbond substituents is 1. The summed E-state index contributed by atoms with van der Waals surface area (Å²) in [6.07, 6.45) is 4.51. The second-order valence-corrected chi connectivity index (χ2v) is 11.2. The molecule has 0 saturated heterocycles. The number of nitrogens with one attached hydrogen (secondary N) is 1. The first-order chi connectivity index (χ1) is 21.0. The lowest BCUT2D eigenvalue weighted by Crippen LogP contribution is -2.21. The summed E-state index contributed by atoms with van der Waals surface area (Å²) in [6.45, 7) is 4.35. The Morgan fingerprint density at radius 3 is 1.67 bits per heavy atom. The second-order valence-electron chi connectivity index (χ2n) is 11.2. The number of aromatic nitrogens is 2. The molecule has 0 atom stereocenters. The van der Waals surface area contributed by atoms with Crippen molar-refractivity contribution in [2.45, 2.75) is 39.1 Å². The monoisotopic (exact) mass is 571 g/mol. The van der Waals surface area contributed by atoms with Crippen LogP contribution in [0, 0.1) is 0 Å². The Kier molecular flexibility index (Phi) is 10.6. The predicted molar refractivity (Wildman–Crippen MR) is 174 cm³/mol. The van der Waals surface area contributed by atoms with Crippen LogP contribution in [0.25, 0.3) is 11.1 Å². The Hall–Kier alpha value is -4.36. The van der Waals surface area contributed by atoms with Gasteiger partial charge in [-0.2, -0.15) is 0 Å². The van der Waals surface area contributed by atoms with Gasteiger partial charge in [0.15, 0.2) is 0 Å². The van der Waals surface area contributed by atoms with E-state index in [0.717, 1.165) is 42.0 Å². The number of pyridine rings is 2. The third-order valence-electron chi connectivity index (χ3n) is 7.50. The summed E-state index contributed by atoms with van der Waals surface area (Å²) in [7, 11) is 4.14. The molecule has 5 aromatic rings. The van der Waals surface area contributed by atoms with Gasteiger partial charge in [0.1, 0.15) is 5.75 Å². The van der Waals surface area contributed by atoms with Crippen molar-refractivity contribution in [2.24, 2.45) is 0 Å². The number of nitrogens with zero attached hydrogens (tertiary/aromatic N) is 4. The van der Waals surface area contributed by atoms with Crippen LogP contribution in [0.4, 0.5) is 0 Å². The molecule has 0 aliphatic rings. The summed E-state index contributed by atoms with van der Waals surface area (Å²) in [4.78, 5) is 13.3. The number of hydrogen-bond donors (Lipinski definition) is 2. The molecule has 0 saturated carbocycles. The minimum atomic E-state index is 0.371. The lowest BCUT2D eigenvalue weighted by Gasteiger charge is -2.22. The topological polar surface area (TPSA) is 64.5 Å². The maximum Gasteiger partial charge on any atom is 0.124 e. The molecule has 2 aromatic heterocycles. The fraction of sp³-hybridized carbons (Fsp3) is 0.243. The van der Waals surface area contributed by atoms with Crippen molar-refractivity contribution >= 4 is 0 Å². The average Bonchev–Trinajstić information content (AvgIpc) is 3.03. The molecule has 2 N–H and O–H groups in total. The Bertz CT molecular complexity index is 1470. The number of rotatable bonds is 14. The Labute approximate surface area is 255 Å². The van der Waals surface area contributed by atoms with E-state index in [1.54, 1.807) is 0 Å². The zero-order valence-corrected chi connectivity index (χ0v) is 25.2. The highest BCUT2D eigenvalue weighted by Crippen LogP contribution is 2.28. The first-order valence-electron chi connectivity index (χ1n) is 14.9. The molecule has 0 unspecified atom stereocenters. The van der Waals surface area contributed by atoms with Gasteiger partial charge >= 0.3 is 0 Å². The number of benzene rings is 3. The molecular weight excluding hydrogens is 530 g/mol. The van der Waals surface area contributed by atoms with Crippen LogP contribution in [0.2, 0.25) is 0 Å². The van der Waals surface area contributed by atoms with Crippen molar-refractivity contribution in [3.63, 3.8) is 0 Å². The number of aromatic hydroxyl groups is 1. The van der Waals surface area contributed by atoms with Gasteiger partial charge in [-0.25, -0.2) is 0 Å². The predicted octanol–water partition coefficient (Wildman–Crippen LogP) is 6.45. The molecule has 2 heterocycles. The molecule has 0 spiro atoms. The number of hydrogen-bond acceptors (Lipinski definition) is 6. The zero-order valence-electron chi connectivity index (χ0n) is 25.2. The Morgan fingerprint density at radius 2 is 1.14 bits per heavy atom. The van der Waals surface area contributed by atoms with Crippen molar-refractivity contribution in [1.29, 1.82) is 0 Å².